The zero-order chi connectivity index (χ0) is 25.6. The lowest BCUT2D eigenvalue weighted by molar-refractivity contribution is -0.148. The average molecular weight is 489 g/mol. The summed E-state index contributed by atoms with van der Waals surface area (Å²) in [5.41, 5.74) is 0.768. The molecule has 0 spiro atoms. The molecule has 190 valence electrons. The van der Waals surface area contributed by atoms with E-state index < -0.39 is 16.7 Å². The van der Waals surface area contributed by atoms with Crippen molar-refractivity contribution in [2.24, 2.45) is 5.41 Å². The van der Waals surface area contributed by atoms with E-state index in [2.05, 4.69) is 18.2 Å². The second-order valence-electron chi connectivity index (χ2n) is 10.1. The third-order valence-electron chi connectivity index (χ3n) is 8.23. The molecule has 2 aromatic carbocycles. The Morgan fingerprint density at radius 3 is 2.25 bits per heavy atom. The van der Waals surface area contributed by atoms with Crippen LogP contribution >= 0.6 is 0 Å². The van der Waals surface area contributed by atoms with Crippen molar-refractivity contribution in [1.82, 2.24) is 4.90 Å². The fourth-order valence-corrected chi connectivity index (χ4v) is 6.33. The second kappa shape index (κ2) is 11.2. The van der Waals surface area contributed by atoms with E-state index in [9.17, 15) is 14.9 Å². The lowest BCUT2D eigenvalue weighted by Gasteiger charge is -2.46. The van der Waals surface area contributed by atoms with Crippen molar-refractivity contribution in [3.05, 3.63) is 65.7 Å². The smallest absolute Gasteiger partial charge is 0.306 e. The predicted octanol–water partition coefficient (Wildman–Crippen LogP) is 5.38. The van der Waals surface area contributed by atoms with Crippen molar-refractivity contribution in [2.75, 3.05) is 26.8 Å². The Morgan fingerprint density at radius 2 is 1.64 bits per heavy atom. The van der Waals surface area contributed by atoms with Crippen molar-refractivity contribution in [3.63, 3.8) is 0 Å². The summed E-state index contributed by atoms with van der Waals surface area (Å²) >= 11 is 0. The van der Waals surface area contributed by atoms with Crippen LogP contribution in [0.5, 0.6) is 5.75 Å². The Hall–Kier alpha value is -3.33. The van der Waals surface area contributed by atoms with Crippen molar-refractivity contribution in [1.29, 1.82) is 5.26 Å². The van der Waals surface area contributed by atoms with Gasteiger partial charge < -0.3 is 14.4 Å². The normalized spacial score (nSPS) is 19.2. The van der Waals surface area contributed by atoms with E-state index in [1.54, 1.807) is 14.0 Å². The Morgan fingerprint density at radius 1 is 1.00 bits per heavy atom. The minimum absolute atomic E-state index is 0.142. The van der Waals surface area contributed by atoms with E-state index in [4.69, 9.17) is 9.47 Å². The van der Waals surface area contributed by atoms with Gasteiger partial charge in [-0.25, -0.2) is 0 Å². The fourth-order valence-electron chi connectivity index (χ4n) is 6.33. The third kappa shape index (κ3) is 4.84. The Balaban J connectivity index is 1.62. The first-order chi connectivity index (χ1) is 17.5. The number of nitriles is 1. The van der Waals surface area contributed by atoms with E-state index >= 15 is 0 Å². The van der Waals surface area contributed by atoms with Crippen LogP contribution in [0, 0.1) is 16.7 Å². The van der Waals surface area contributed by atoms with Crippen LogP contribution in [0.25, 0.3) is 0 Å². The molecule has 1 aliphatic carbocycles. The first-order valence-corrected chi connectivity index (χ1v) is 13.0. The summed E-state index contributed by atoms with van der Waals surface area (Å²) in [5.74, 6) is -0.0321. The molecule has 0 bridgehead atoms. The highest BCUT2D eigenvalue weighted by Crippen LogP contribution is 2.50. The maximum Gasteiger partial charge on any atom is 0.306 e. The molecule has 1 aliphatic heterocycles. The number of carbonyl (C=O) groups excluding carboxylic acids is 2. The van der Waals surface area contributed by atoms with Crippen LogP contribution in [0.2, 0.25) is 0 Å². The molecule has 4 rings (SSSR count). The van der Waals surface area contributed by atoms with E-state index in [1.165, 1.54) is 0 Å². The van der Waals surface area contributed by atoms with Crippen molar-refractivity contribution >= 4 is 11.9 Å². The average Bonchev–Trinajstić information content (AvgIpc) is 3.41. The maximum absolute atomic E-state index is 14.0. The summed E-state index contributed by atoms with van der Waals surface area (Å²) in [5, 5.41) is 10.4. The van der Waals surface area contributed by atoms with E-state index in [-0.39, 0.29) is 18.3 Å². The molecule has 2 fully saturated rings. The SMILES string of the molecule is CCOC(=O)CC1(C(C#N)c2ccccc2OC)CCN(C(=O)C2(c3ccccc3)CCCC2)CC1. The summed E-state index contributed by atoms with van der Waals surface area (Å²) in [7, 11) is 1.59. The van der Waals surface area contributed by atoms with Crippen molar-refractivity contribution < 1.29 is 19.1 Å². The second-order valence-corrected chi connectivity index (χ2v) is 10.1. The first-order valence-electron chi connectivity index (χ1n) is 13.0. The molecule has 6 nitrogen and oxygen atoms in total. The fraction of sp³-hybridized carbons (Fsp3) is 0.500. The molecule has 1 saturated heterocycles. The first kappa shape index (κ1) is 25.8. The summed E-state index contributed by atoms with van der Waals surface area (Å²) in [6.45, 7) is 3.11. The number of hydrogen-bond acceptors (Lipinski definition) is 5. The number of ether oxygens (including phenoxy) is 2. The number of piperidine rings is 1. The van der Waals surface area contributed by atoms with Crippen LogP contribution in [-0.2, 0) is 19.7 Å². The van der Waals surface area contributed by atoms with Crippen LogP contribution in [0.1, 0.15) is 68.9 Å². The van der Waals surface area contributed by atoms with Crippen LogP contribution in [-0.4, -0.2) is 43.6 Å². The van der Waals surface area contributed by atoms with Gasteiger partial charge in [-0.05, 0) is 44.2 Å². The molecule has 1 saturated carbocycles. The monoisotopic (exact) mass is 488 g/mol. The minimum Gasteiger partial charge on any atom is -0.496 e. The summed E-state index contributed by atoms with van der Waals surface area (Å²) in [6, 6.07) is 20.2. The van der Waals surface area contributed by atoms with Gasteiger partial charge in [-0.3, -0.25) is 9.59 Å². The highest BCUT2D eigenvalue weighted by molar-refractivity contribution is 5.89. The van der Waals surface area contributed by atoms with Crippen LogP contribution in [0.4, 0.5) is 0 Å². The Bertz CT molecular complexity index is 1090. The van der Waals surface area contributed by atoms with Gasteiger partial charge in [0.1, 0.15) is 5.75 Å². The topological polar surface area (TPSA) is 79.6 Å². The number of hydrogen-bond donors (Lipinski definition) is 0. The number of rotatable bonds is 8. The molecule has 0 aromatic heterocycles. The zero-order valence-electron chi connectivity index (χ0n) is 21.4. The van der Waals surface area contributed by atoms with E-state index in [1.807, 2.05) is 47.4 Å². The standard InChI is InChI=1S/C30H36N2O4/c1-3-36-27(33)21-29(25(22-31)24-13-7-8-14-26(24)35-2)17-19-32(20-18-29)28(34)30(15-9-10-16-30)23-11-5-4-6-12-23/h4-8,11-14,25H,3,9-10,15-21H2,1-2H3. The molecule has 2 aromatic rings. The molecule has 0 N–H and O–H groups in total. The van der Waals surface area contributed by atoms with Gasteiger partial charge in [0.05, 0.1) is 37.5 Å². The highest BCUT2D eigenvalue weighted by atomic mass is 16.5. The molecular formula is C30H36N2O4. The Labute approximate surface area is 214 Å². The number of amides is 1. The zero-order valence-corrected chi connectivity index (χ0v) is 21.4. The number of nitrogens with zero attached hydrogens (tertiary/aromatic N) is 2. The number of para-hydroxylation sites is 1. The van der Waals surface area contributed by atoms with Gasteiger partial charge in [0.25, 0.3) is 0 Å². The summed E-state index contributed by atoms with van der Waals surface area (Å²) in [4.78, 5) is 28.7. The Kier molecular flexibility index (Phi) is 7.98. The van der Waals surface area contributed by atoms with Crippen molar-refractivity contribution in [3.8, 4) is 11.8 Å². The molecule has 1 amide bonds. The molecule has 6 heteroatoms. The highest BCUT2D eigenvalue weighted by Gasteiger charge is 2.50. The molecule has 36 heavy (non-hydrogen) atoms. The molecule has 1 atom stereocenters. The van der Waals surface area contributed by atoms with Gasteiger partial charge in [0.15, 0.2) is 0 Å². The van der Waals surface area contributed by atoms with Gasteiger partial charge in [-0.2, -0.15) is 5.26 Å². The number of methoxy groups -OCH3 is 1. The van der Waals surface area contributed by atoms with Gasteiger partial charge >= 0.3 is 5.97 Å². The predicted molar refractivity (Wildman–Crippen MR) is 137 cm³/mol. The third-order valence-corrected chi connectivity index (χ3v) is 8.23. The summed E-state index contributed by atoms with van der Waals surface area (Å²) in [6.07, 6.45) is 5.07. The number of benzene rings is 2. The molecular weight excluding hydrogens is 452 g/mol. The lowest BCUT2D eigenvalue weighted by atomic mass is 9.64. The van der Waals surface area contributed by atoms with E-state index in [0.29, 0.717) is 38.3 Å². The number of esters is 1. The van der Waals surface area contributed by atoms with Crippen LogP contribution in [0.3, 0.4) is 0 Å². The molecule has 0 radical (unpaired) electrons. The van der Waals surface area contributed by atoms with Gasteiger partial charge in [0.2, 0.25) is 5.91 Å². The lowest BCUT2D eigenvalue weighted by Crippen LogP contribution is -2.52. The molecule has 1 unspecified atom stereocenters. The number of carbonyl (C=O) groups is 2. The van der Waals surface area contributed by atoms with Gasteiger partial charge in [-0.15, -0.1) is 0 Å². The molecule has 2 aliphatic rings. The van der Waals surface area contributed by atoms with Crippen molar-refractivity contribution in [2.45, 2.75) is 63.2 Å². The maximum atomic E-state index is 14.0. The van der Waals surface area contributed by atoms with Crippen LogP contribution < -0.4 is 4.74 Å². The van der Waals surface area contributed by atoms with Crippen LogP contribution in [0.15, 0.2) is 54.6 Å². The summed E-state index contributed by atoms with van der Waals surface area (Å²) < 4.78 is 10.9. The number of likely N-dealkylation sites (tertiary alicyclic amines) is 1. The van der Waals surface area contributed by atoms with Gasteiger partial charge in [0, 0.05) is 24.1 Å². The quantitative estimate of drug-likeness (QED) is 0.466. The molecule has 1 heterocycles. The van der Waals surface area contributed by atoms with E-state index in [0.717, 1.165) is 36.8 Å². The van der Waals surface area contributed by atoms with Gasteiger partial charge in [-0.1, -0.05) is 61.4 Å². The minimum atomic E-state index is -0.637. The largest absolute Gasteiger partial charge is 0.496 e.